The highest BCUT2D eigenvalue weighted by molar-refractivity contribution is 6.03. The van der Waals surface area contributed by atoms with Crippen LogP contribution in [-0.4, -0.2) is 41.0 Å². The molecular weight excluding hydrogens is 304 g/mol. The first kappa shape index (κ1) is 18.0. The maximum absolute atomic E-state index is 12.5. The van der Waals surface area contributed by atoms with Crippen LogP contribution in [0.25, 0.3) is 0 Å². The topological polar surface area (TPSA) is 70.4 Å². The van der Waals surface area contributed by atoms with E-state index in [1.807, 2.05) is 42.3 Å². The molecule has 0 saturated carbocycles. The van der Waals surface area contributed by atoms with Gasteiger partial charge in [0.25, 0.3) is 5.91 Å². The van der Waals surface area contributed by atoms with Gasteiger partial charge in [-0.05, 0) is 30.3 Å². The summed E-state index contributed by atoms with van der Waals surface area (Å²) in [4.78, 5) is 14.4. The third-order valence-corrected chi connectivity index (χ3v) is 3.88. The number of rotatable bonds is 5. The number of hydrogen-bond donors (Lipinski definition) is 2. The molecular formula is C18H26N4O2. The first-order chi connectivity index (χ1) is 11.2. The van der Waals surface area contributed by atoms with Gasteiger partial charge in [-0.25, -0.2) is 0 Å². The molecule has 0 fully saturated rings. The van der Waals surface area contributed by atoms with Gasteiger partial charge < -0.3 is 15.3 Å². The van der Waals surface area contributed by atoms with Crippen LogP contribution in [-0.2, 0) is 12.5 Å². The van der Waals surface area contributed by atoms with Crippen molar-refractivity contribution in [2.24, 2.45) is 7.05 Å². The predicted molar refractivity (Wildman–Crippen MR) is 96.7 cm³/mol. The van der Waals surface area contributed by atoms with Gasteiger partial charge in [-0.15, -0.1) is 0 Å². The van der Waals surface area contributed by atoms with E-state index in [0.29, 0.717) is 12.2 Å². The number of nitrogens with one attached hydrogen (secondary N) is 1. The van der Waals surface area contributed by atoms with E-state index in [2.05, 4.69) is 31.2 Å². The number of nitrogens with zero attached hydrogens (tertiary/aromatic N) is 3. The Hall–Kier alpha value is -2.34. The number of aryl methyl sites for hydroxylation is 1. The molecule has 2 rings (SSSR count). The van der Waals surface area contributed by atoms with Gasteiger partial charge in [-0.1, -0.05) is 20.8 Å². The molecule has 1 aromatic carbocycles. The van der Waals surface area contributed by atoms with E-state index in [1.165, 1.54) is 0 Å². The molecule has 2 N–H and O–H groups in total. The van der Waals surface area contributed by atoms with Gasteiger partial charge in [-0.3, -0.25) is 9.48 Å². The molecule has 0 spiro atoms. The van der Waals surface area contributed by atoms with Gasteiger partial charge in [0.2, 0.25) is 0 Å². The molecule has 0 aliphatic carbocycles. The van der Waals surface area contributed by atoms with Gasteiger partial charge in [0, 0.05) is 37.4 Å². The number of aliphatic hydroxyl groups excluding tert-OH is 1. The highest BCUT2D eigenvalue weighted by atomic mass is 16.3. The van der Waals surface area contributed by atoms with Gasteiger partial charge in [0.15, 0.2) is 0 Å². The molecule has 0 unspecified atom stereocenters. The van der Waals surface area contributed by atoms with E-state index >= 15 is 0 Å². The first-order valence-electron chi connectivity index (χ1n) is 8.00. The number of benzene rings is 1. The highest BCUT2D eigenvalue weighted by Gasteiger charge is 2.21. The van der Waals surface area contributed by atoms with Gasteiger partial charge >= 0.3 is 0 Å². The van der Waals surface area contributed by atoms with Crippen molar-refractivity contribution in [3.05, 3.63) is 41.7 Å². The van der Waals surface area contributed by atoms with Gasteiger partial charge in [-0.2, -0.15) is 5.10 Å². The molecule has 1 heterocycles. The fraction of sp³-hybridized carbons (Fsp3) is 0.444. The van der Waals surface area contributed by atoms with Crippen LogP contribution in [0, 0.1) is 0 Å². The Balaban J connectivity index is 2.11. The third-order valence-electron chi connectivity index (χ3n) is 3.88. The maximum atomic E-state index is 12.5. The monoisotopic (exact) mass is 330 g/mol. The molecule has 1 aromatic heterocycles. The van der Waals surface area contributed by atoms with Crippen molar-refractivity contribution in [2.75, 3.05) is 30.4 Å². The predicted octanol–water partition coefficient (Wildman–Crippen LogP) is 2.40. The van der Waals surface area contributed by atoms with E-state index < -0.39 is 0 Å². The average Bonchev–Trinajstić information content (AvgIpc) is 2.90. The van der Waals surface area contributed by atoms with Crippen molar-refractivity contribution >= 4 is 17.3 Å². The largest absolute Gasteiger partial charge is 0.395 e. The van der Waals surface area contributed by atoms with Crippen LogP contribution in [0.2, 0.25) is 0 Å². The number of aromatic nitrogens is 2. The summed E-state index contributed by atoms with van der Waals surface area (Å²) in [5.41, 5.74) is 3.02. The number of anilines is 2. The van der Waals surface area contributed by atoms with Crippen molar-refractivity contribution in [1.82, 2.24) is 9.78 Å². The second-order valence-corrected chi connectivity index (χ2v) is 6.93. The third kappa shape index (κ3) is 4.14. The van der Waals surface area contributed by atoms with Crippen molar-refractivity contribution in [3.8, 4) is 0 Å². The van der Waals surface area contributed by atoms with E-state index in [0.717, 1.165) is 17.1 Å². The minimum absolute atomic E-state index is 0.102. The van der Waals surface area contributed by atoms with Crippen LogP contribution in [0.1, 0.15) is 37.0 Å². The summed E-state index contributed by atoms with van der Waals surface area (Å²) >= 11 is 0. The molecule has 0 aliphatic heterocycles. The van der Waals surface area contributed by atoms with Crippen molar-refractivity contribution < 1.29 is 9.90 Å². The zero-order valence-electron chi connectivity index (χ0n) is 15.0. The normalized spacial score (nSPS) is 11.4. The number of hydrogen-bond acceptors (Lipinski definition) is 4. The first-order valence-corrected chi connectivity index (χ1v) is 8.00. The molecule has 0 atom stereocenters. The lowest BCUT2D eigenvalue weighted by Crippen LogP contribution is -2.21. The Morgan fingerprint density at radius 2 is 1.92 bits per heavy atom. The molecule has 130 valence electrons. The lowest BCUT2D eigenvalue weighted by molar-refractivity contribution is 0.101. The minimum atomic E-state index is -0.183. The Kier molecular flexibility index (Phi) is 5.29. The Bertz CT molecular complexity index is 699. The lowest BCUT2D eigenvalue weighted by Gasteiger charge is -2.18. The van der Waals surface area contributed by atoms with E-state index in [-0.39, 0.29) is 17.9 Å². The molecule has 0 aliphatic rings. The van der Waals surface area contributed by atoms with Crippen LogP contribution in [0.15, 0.2) is 30.3 Å². The number of carbonyl (C=O) groups excluding carboxylic acids is 1. The molecule has 24 heavy (non-hydrogen) atoms. The Morgan fingerprint density at radius 3 is 2.42 bits per heavy atom. The van der Waals surface area contributed by atoms with Crippen LogP contribution in [0.3, 0.4) is 0 Å². The molecule has 2 aromatic rings. The smallest absolute Gasteiger partial charge is 0.273 e. The summed E-state index contributed by atoms with van der Waals surface area (Å²) in [5.74, 6) is -0.183. The number of aliphatic hydroxyl groups is 1. The number of amides is 1. The second-order valence-electron chi connectivity index (χ2n) is 6.93. The van der Waals surface area contributed by atoms with Crippen LogP contribution in [0.5, 0.6) is 0 Å². The maximum Gasteiger partial charge on any atom is 0.273 e. The average molecular weight is 330 g/mol. The van der Waals surface area contributed by atoms with Crippen molar-refractivity contribution in [1.29, 1.82) is 0 Å². The zero-order chi connectivity index (χ0) is 17.9. The molecule has 0 radical (unpaired) electrons. The van der Waals surface area contributed by atoms with Crippen LogP contribution in [0.4, 0.5) is 11.4 Å². The highest BCUT2D eigenvalue weighted by Crippen LogP contribution is 2.22. The standard InChI is InChI=1S/C18H26N4O2/c1-18(2,3)16-12-15(22(5)20-16)17(24)19-13-6-8-14(9-7-13)21(4)10-11-23/h6-9,12,23H,10-11H2,1-5H3,(H,19,24). The fourth-order valence-electron chi connectivity index (χ4n) is 2.32. The molecule has 1 amide bonds. The van der Waals surface area contributed by atoms with Gasteiger partial charge in [0.1, 0.15) is 5.69 Å². The number of likely N-dealkylation sites (N-methyl/N-ethyl adjacent to an activating group) is 1. The summed E-state index contributed by atoms with van der Waals surface area (Å²) < 4.78 is 1.61. The van der Waals surface area contributed by atoms with E-state index in [4.69, 9.17) is 5.11 Å². The van der Waals surface area contributed by atoms with Gasteiger partial charge in [0.05, 0.1) is 12.3 Å². The van der Waals surface area contributed by atoms with Crippen LogP contribution >= 0.6 is 0 Å². The molecule has 6 heteroatoms. The van der Waals surface area contributed by atoms with E-state index in [9.17, 15) is 4.79 Å². The van der Waals surface area contributed by atoms with E-state index in [1.54, 1.807) is 11.7 Å². The SMILES string of the molecule is CN(CCO)c1ccc(NC(=O)c2cc(C(C)(C)C)nn2C)cc1. The summed E-state index contributed by atoms with van der Waals surface area (Å²) in [6.07, 6.45) is 0. The zero-order valence-corrected chi connectivity index (χ0v) is 15.0. The summed E-state index contributed by atoms with van der Waals surface area (Å²) in [6.45, 7) is 6.87. The second kappa shape index (κ2) is 7.05. The number of carbonyl (C=O) groups is 1. The summed E-state index contributed by atoms with van der Waals surface area (Å²) in [6, 6.07) is 9.35. The van der Waals surface area contributed by atoms with Crippen LogP contribution < -0.4 is 10.2 Å². The Labute approximate surface area is 143 Å². The fourth-order valence-corrected chi connectivity index (χ4v) is 2.32. The minimum Gasteiger partial charge on any atom is -0.395 e. The lowest BCUT2D eigenvalue weighted by atomic mass is 9.92. The Morgan fingerprint density at radius 1 is 1.29 bits per heavy atom. The summed E-state index contributed by atoms with van der Waals surface area (Å²) in [7, 11) is 3.69. The quantitative estimate of drug-likeness (QED) is 0.883. The van der Waals surface area contributed by atoms with Crippen molar-refractivity contribution in [3.63, 3.8) is 0 Å². The molecule has 6 nitrogen and oxygen atoms in total. The molecule has 0 saturated heterocycles. The molecule has 0 bridgehead atoms. The van der Waals surface area contributed by atoms with Crippen molar-refractivity contribution in [2.45, 2.75) is 26.2 Å². The summed E-state index contributed by atoms with van der Waals surface area (Å²) in [5, 5.41) is 16.3.